The van der Waals surface area contributed by atoms with Crippen molar-refractivity contribution in [2.75, 3.05) is 19.8 Å². The molecule has 7 nitrogen and oxygen atoms in total. The van der Waals surface area contributed by atoms with Crippen LogP contribution in [0.1, 0.15) is 31.1 Å². The number of amides is 1. The third kappa shape index (κ3) is 4.99. The summed E-state index contributed by atoms with van der Waals surface area (Å²) in [7, 11) is 0. The first-order valence-electron chi connectivity index (χ1n) is 10.4. The van der Waals surface area contributed by atoms with Crippen LogP contribution in [-0.4, -0.2) is 41.5 Å². The molecule has 1 aliphatic rings. The Morgan fingerprint density at radius 3 is 2.50 bits per heavy atom. The third-order valence-corrected chi connectivity index (χ3v) is 6.67. The smallest absolute Gasteiger partial charge is 0.326 e. The topological polar surface area (TPSA) is 79.1 Å². The van der Waals surface area contributed by atoms with Gasteiger partial charge < -0.3 is 18.8 Å². The van der Waals surface area contributed by atoms with E-state index in [1.807, 2.05) is 24.3 Å². The minimum absolute atomic E-state index is 0.0520. The molecule has 1 amide bonds. The van der Waals surface area contributed by atoms with E-state index in [1.165, 1.54) is 11.3 Å². The Kier molecular flexibility index (Phi) is 6.86. The highest BCUT2D eigenvalue weighted by Crippen LogP contribution is 2.35. The molecule has 0 unspecified atom stereocenters. The van der Waals surface area contributed by atoms with Crippen LogP contribution in [0.3, 0.4) is 0 Å². The van der Waals surface area contributed by atoms with Crippen molar-refractivity contribution in [2.45, 2.75) is 37.5 Å². The third-order valence-electron chi connectivity index (χ3n) is 4.61. The number of thioether (sulfide) groups is 1. The first kappa shape index (κ1) is 22.4. The van der Waals surface area contributed by atoms with E-state index < -0.39 is 5.97 Å². The van der Waals surface area contributed by atoms with Gasteiger partial charge in [-0.05, 0) is 31.2 Å². The number of benzene rings is 2. The van der Waals surface area contributed by atoms with E-state index in [0.29, 0.717) is 40.3 Å². The van der Waals surface area contributed by atoms with Gasteiger partial charge >= 0.3 is 5.97 Å². The summed E-state index contributed by atoms with van der Waals surface area (Å²) in [6.45, 7) is 7.16. The number of thiazole rings is 1. The van der Waals surface area contributed by atoms with Crippen LogP contribution in [0, 0.1) is 0 Å². The molecule has 0 spiro atoms. The fraction of sp³-hybridized carbons (Fsp3) is 0.348. The average Bonchev–Trinajstić information content (AvgIpc) is 3.08. The number of nitrogens with zero attached hydrogens (tertiary/aromatic N) is 2. The fourth-order valence-corrected chi connectivity index (χ4v) is 5.16. The van der Waals surface area contributed by atoms with E-state index in [2.05, 4.69) is 18.8 Å². The lowest BCUT2D eigenvalue weighted by Gasteiger charge is -2.18. The van der Waals surface area contributed by atoms with Crippen molar-refractivity contribution in [1.82, 2.24) is 4.57 Å². The maximum Gasteiger partial charge on any atom is 0.326 e. The molecule has 0 saturated carbocycles. The second-order valence-corrected chi connectivity index (χ2v) is 10.0. The SMILES string of the molecule is CCOC(=O)Cn1c(=NC(=O)c2ccc(SC(C)C)cc2)sc2cc3c(cc21)OCCO3. The number of carbonyl (C=O) groups is 2. The van der Waals surface area contributed by atoms with E-state index in [4.69, 9.17) is 14.2 Å². The average molecular weight is 473 g/mol. The minimum atomic E-state index is -0.397. The van der Waals surface area contributed by atoms with Crippen molar-refractivity contribution in [1.29, 1.82) is 0 Å². The first-order valence-corrected chi connectivity index (χ1v) is 12.1. The summed E-state index contributed by atoms with van der Waals surface area (Å²) in [5, 5.41) is 0.459. The van der Waals surface area contributed by atoms with Crippen LogP contribution >= 0.6 is 23.1 Å². The normalized spacial score (nSPS) is 13.6. The molecule has 0 saturated heterocycles. The van der Waals surface area contributed by atoms with E-state index in [1.54, 1.807) is 35.4 Å². The highest BCUT2D eigenvalue weighted by molar-refractivity contribution is 7.99. The van der Waals surface area contributed by atoms with Crippen LogP contribution < -0.4 is 14.3 Å². The Balaban J connectivity index is 1.74. The Bertz CT molecular complexity index is 1210. The first-order chi connectivity index (χ1) is 15.4. The molecular weight excluding hydrogens is 448 g/mol. The molecule has 0 aliphatic carbocycles. The molecular formula is C23H24N2O5S2. The van der Waals surface area contributed by atoms with E-state index in [-0.39, 0.29) is 19.1 Å². The summed E-state index contributed by atoms with van der Waals surface area (Å²) in [6.07, 6.45) is 0. The summed E-state index contributed by atoms with van der Waals surface area (Å²) in [5.41, 5.74) is 1.23. The maximum absolute atomic E-state index is 12.9. The van der Waals surface area contributed by atoms with Crippen LogP contribution in [0.5, 0.6) is 11.5 Å². The van der Waals surface area contributed by atoms with Crippen LogP contribution in [0.25, 0.3) is 10.2 Å². The van der Waals surface area contributed by atoms with Gasteiger partial charge in [-0.25, -0.2) is 0 Å². The lowest BCUT2D eigenvalue weighted by atomic mass is 10.2. The highest BCUT2D eigenvalue weighted by Gasteiger charge is 2.18. The molecule has 1 aromatic heterocycles. The number of aromatic nitrogens is 1. The van der Waals surface area contributed by atoms with Crippen LogP contribution in [0.15, 0.2) is 46.3 Å². The number of fused-ring (bicyclic) bond motifs is 2. The summed E-state index contributed by atoms with van der Waals surface area (Å²) in [4.78, 5) is 31.0. The van der Waals surface area contributed by atoms with E-state index in [0.717, 1.165) is 15.1 Å². The summed E-state index contributed by atoms with van der Waals surface area (Å²) >= 11 is 3.05. The van der Waals surface area contributed by atoms with Crippen molar-refractivity contribution in [2.24, 2.45) is 4.99 Å². The molecule has 2 aromatic carbocycles. The van der Waals surface area contributed by atoms with E-state index >= 15 is 0 Å². The van der Waals surface area contributed by atoms with Gasteiger partial charge in [-0.1, -0.05) is 25.2 Å². The number of esters is 1. The quantitative estimate of drug-likeness (QED) is 0.394. The molecule has 168 valence electrons. The van der Waals surface area contributed by atoms with Gasteiger partial charge in [-0.3, -0.25) is 9.59 Å². The summed E-state index contributed by atoms with van der Waals surface area (Å²) in [6, 6.07) is 11.1. The molecule has 0 N–H and O–H groups in total. The monoisotopic (exact) mass is 472 g/mol. The van der Waals surface area contributed by atoms with Gasteiger partial charge in [0.1, 0.15) is 19.8 Å². The number of rotatable bonds is 6. The molecule has 0 bridgehead atoms. The number of carbonyl (C=O) groups excluding carboxylic acids is 2. The van der Waals surface area contributed by atoms with Gasteiger partial charge in [0.2, 0.25) is 0 Å². The standard InChI is InChI=1S/C23H24N2O5S2/c1-4-28-21(26)13-25-17-11-18-19(30-10-9-29-18)12-20(17)32-23(25)24-22(27)15-5-7-16(8-6-15)31-14(2)3/h5-8,11-12,14H,4,9-10,13H2,1-3H3. The lowest BCUT2D eigenvalue weighted by molar-refractivity contribution is -0.143. The maximum atomic E-state index is 12.9. The Labute approximate surface area is 194 Å². The van der Waals surface area contributed by atoms with Crippen LogP contribution in [-0.2, 0) is 16.1 Å². The zero-order valence-electron chi connectivity index (χ0n) is 18.1. The molecule has 9 heteroatoms. The molecule has 0 atom stereocenters. The zero-order chi connectivity index (χ0) is 22.7. The van der Waals surface area contributed by atoms with Crippen molar-refractivity contribution >= 4 is 45.2 Å². The second kappa shape index (κ2) is 9.79. The number of hydrogen-bond acceptors (Lipinski definition) is 7. The number of hydrogen-bond donors (Lipinski definition) is 0. The molecule has 0 radical (unpaired) electrons. The Morgan fingerprint density at radius 2 is 1.84 bits per heavy atom. The number of ether oxygens (including phenoxy) is 3. The molecule has 3 aromatic rings. The molecule has 2 heterocycles. The molecule has 32 heavy (non-hydrogen) atoms. The Morgan fingerprint density at radius 1 is 1.16 bits per heavy atom. The molecule has 1 aliphatic heterocycles. The predicted molar refractivity (Wildman–Crippen MR) is 125 cm³/mol. The minimum Gasteiger partial charge on any atom is -0.486 e. The second-order valence-electron chi connectivity index (χ2n) is 7.35. The van der Waals surface area contributed by atoms with Crippen LogP contribution in [0.4, 0.5) is 0 Å². The summed E-state index contributed by atoms with van der Waals surface area (Å²) < 4.78 is 19.0. The largest absolute Gasteiger partial charge is 0.486 e. The highest BCUT2D eigenvalue weighted by atomic mass is 32.2. The van der Waals surface area contributed by atoms with Gasteiger partial charge in [-0.2, -0.15) is 4.99 Å². The van der Waals surface area contributed by atoms with Gasteiger partial charge in [0, 0.05) is 27.8 Å². The van der Waals surface area contributed by atoms with Crippen molar-refractivity contribution in [3.05, 3.63) is 46.8 Å². The van der Waals surface area contributed by atoms with Gasteiger partial charge in [-0.15, -0.1) is 11.8 Å². The lowest BCUT2D eigenvalue weighted by Crippen LogP contribution is -2.23. The molecule has 4 rings (SSSR count). The van der Waals surface area contributed by atoms with Crippen LogP contribution in [0.2, 0.25) is 0 Å². The molecule has 0 fully saturated rings. The summed E-state index contributed by atoms with van der Waals surface area (Å²) in [5.74, 6) is 0.484. The fourth-order valence-electron chi connectivity index (χ4n) is 3.28. The van der Waals surface area contributed by atoms with Gasteiger partial charge in [0.05, 0.1) is 16.8 Å². The van der Waals surface area contributed by atoms with Crippen molar-refractivity contribution in [3.63, 3.8) is 0 Å². The van der Waals surface area contributed by atoms with Crippen molar-refractivity contribution < 1.29 is 23.8 Å². The zero-order valence-corrected chi connectivity index (χ0v) is 19.8. The van der Waals surface area contributed by atoms with Gasteiger partial charge in [0.25, 0.3) is 5.91 Å². The Hall–Kier alpha value is -2.78. The van der Waals surface area contributed by atoms with E-state index in [9.17, 15) is 9.59 Å². The van der Waals surface area contributed by atoms with Crippen molar-refractivity contribution in [3.8, 4) is 11.5 Å². The van der Waals surface area contributed by atoms with Gasteiger partial charge in [0.15, 0.2) is 16.3 Å². The predicted octanol–water partition coefficient (Wildman–Crippen LogP) is 4.28.